The maximum atomic E-state index is 6.01. The molecular formula is C23H33N5O. The van der Waals surface area contributed by atoms with Gasteiger partial charge < -0.3 is 20.7 Å². The lowest BCUT2D eigenvalue weighted by molar-refractivity contribution is 0.242. The monoisotopic (exact) mass is 395 g/mol. The zero-order valence-corrected chi connectivity index (χ0v) is 17.6. The van der Waals surface area contributed by atoms with Crippen molar-refractivity contribution in [3.8, 4) is 5.75 Å². The molecule has 2 aromatic rings. The number of para-hydroxylation sites is 1. The fraction of sp³-hybridized carbons (Fsp3) is 0.435. The predicted molar refractivity (Wildman–Crippen MR) is 122 cm³/mol. The minimum Gasteiger partial charge on any atom is -0.491 e. The highest BCUT2D eigenvalue weighted by atomic mass is 16.5. The van der Waals surface area contributed by atoms with Crippen molar-refractivity contribution in [2.24, 2.45) is 10.7 Å². The quantitative estimate of drug-likeness (QED) is 0.407. The summed E-state index contributed by atoms with van der Waals surface area (Å²) in [6.45, 7) is 10.2. The van der Waals surface area contributed by atoms with Crippen LogP contribution < -0.4 is 20.7 Å². The van der Waals surface area contributed by atoms with Crippen molar-refractivity contribution in [2.75, 3.05) is 49.5 Å². The number of guanidine groups is 1. The Kier molecular flexibility index (Phi) is 7.76. The van der Waals surface area contributed by atoms with Crippen molar-refractivity contribution in [1.82, 2.24) is 4.90 Å². The van der Waals surface area contributed by atoms with Crippen molar-refractivity contribution >= 4 is 17.3 Å². The standard InChI is InChI=1S/C23H33N5O/c1-19(2)29-22-11-9-20(10-12-22)26-23(24)25-13-6-14-27-15-17-28(18-16-27)21-7-4-3-5-8-21/h3-5,7-12,19H,6,13-18H2,1-2H3,(H3,24,25,26). The van der Waals surface area contributed by atoms with Gasteiger partial charge in [0.2, 0.25) is 0 Å². The molecule has 0 unspecified atom stereocenters. The molecule has 6 heteroatoms. The molecule has 0 amide bonds. The second-order valence-electron chi connectivity index (χ2n) is 7.60. The van der Waals surface area contributed by atoms with Crippen LogP contribution in [-0.4, -0.2) is 56.2 Å². The maximum absolute atomic E-state index is 6.01. The number of anilines is 2. The second kappa shape index (κ2) is 10.7. The average molecular weight is 396 g/mol. The van der Waals surface area contributed by atoms with E-state index in [0.717, 1.165) is 57.1 Å². The van der Waals surface area contributed by atoms with Gasteiger partial charge in [-0.15, -0.1) is 0 Å². The van der Waals surface area contributed by atoms with Crippen LogP contribution in [-0.2, 0) is 0 Å². The highest BCUT2D eigenvalue weighted by Gasteiger charge is 2.16. The highest BCUT2D eigenvalue weighted by molar-refractivity contribution is 5.92. The third-order valence-corrected chi connectivity index (χ3v) is 4.91. The summed E-state index contributed by atoms with van der Waals surface area (Å²) < 4.78 is 5.65. The van der Waals surface area contributed by atoms with Gasteiger partial charge in [-0.2, -0.15) is 0 Å². The van der Waals surface area contributed by atoms with Crippen molar-refractivity contribution in [2.45, 2.75) is 26.4 Å². The number of nitrogens with two attached hydrogens (primary N) is 1. The van der Waals surface area contributed by atoms with Crippen LogP contribution in [0.15, 0.2) is 59.6 Å². The molecule has 0 aliphatic carbocycles. The first-order chi connectivity index (χ1) is 14.1. The third kappa shape index (κ3) is 6.98. The molecule has 0 saturated carbocycles. The Balaban J connectivity index is 1.34. The summed E-state index contributed by atoms with van der Waals surface area (Å²) in [5.74, 6) is 1.31. The van der Waals surface area contributed by atoms with Gasteiger partial charge in [0.1, 0.15) is 5.75 Å². The number of aliphatic imine (C=N–C) groups is 1. The van der Waals surface area contributed by atoms with Crippen LogP contribution >= 0.6 is 0 Å². The number of ether oxygens (including phenoxy) is 1. The van der Waals surface area contributed by atoms with Crippen LogP contribution in [0.5, 0.6) is 5.75 Å². The van der Waals surface area contributed by atoms with Gasteiger partial charge >= 0.3 is 0 Å². The van der Waals surface area contributed by atoms with Crippen molar-refractivity contribution in [3.05, 3.63) is 54.6 Å². The van der Waals surface area contributed by atoms with Gasteiger partial charge in [-0.05, 0) is 56.7 Å². The Morgan fingerprint density at radius 3 is 2.38 bits per heavy atom. The molecule has 2 aromatic carbocycles. The van der Waals surface area contributed by atoms with Crippen LogP contribution in [0, 0.1) is 0 Å². The minimum atomic E-state index is 0.168. The zero-order chi connectivity index (χ0) is 20.5. The Bertz CT molecular complexity index is 753. The number of hydrogen-bond donors (Lipinski definition) is 2. The number of benzene rings is 2. The number of nitrogens with zero attached hydrogens (tertiary/aromatic N) is 3. The van der Waals surface area contributed by atoms with E-state index in [-0.39, 0.29) is 6.10 Å². The molecule has 156 valence electrons. The smallest absolute Gasteiger partial charge is 0.193 e. The number of nitrogens with one attached hydrogen (secondary N) is 1. The Hall–Kier alpha value is -2.73. The molecule has 29 heavy (non-hydrogen) atoms. The number of piperazine rings is 1. The first-order valence-corrected chi connectivity index (χ1v) is 10.5. The van der Waals surface area contributed by atoms with Gasteiger partial charge in [-0.3, -0.25) is 9.89 Å². The molecule has 1 aliphatic heterocycles. The summed E-state index contributed by atoms with van der Waals surface area (Å²) in [6, 6.07) is 18.4. The van der Waals surface area contributed by atoms with Crippen LogP contribution in [0.4, 0.5) is 11.4 Å². The van der Waals surface area contributed by atoms with Gasteiger partial charge in [0, 0.05) is 50.6 Å². The van der Waals surface area contributed by atoms with Gasteiger partial charge in [-0.25, -0.2) is 0 Å². The fourth-order valence-electron chi connectivity index (χ4n) is 3.44. The molecule has 3 N–H and O–H groups in total. The van der Waals surface area contributed by atoms with E-state index in [0.29, 0.717) is 5.96 Å². The number of rotatable bonds is 8. The minimum absolute atomic E-state index is 0.168. The van der Waals surface area contributed by atoms with Crippen molar-refractivity contribution in [1.29, 1.82) is 0 Å². The van der Waals surface area contributed by atoms with Gasteiger partial charge in [0.15, 0.2) is 5.96 Å². The predicted octanol–water partition coefficient (Wildman–Crippen LogP) is 3.41. The molecule has 6 nitrogen and oxygen atoms in total. The first-order valence-electron chi connectivity index (χ1n) is 10.5. The van der Waals surface area contributed by atoms with Gasteiger partial charge in [0.25, 0.3) is 0 Å². The molecule has 3 rings (SSSR count). The summed E-state index contributed by atoms with van der Waals surface area (Å²) in [4.78, 5) is 9.41. The molecule has 1 saturated heterocycles. The average Bonchev–Trinajstić information content (AvgIpc) is 2.73. The summed E-state index contributed by atoms with van der Waals surface area (Å²) in [5.41, 5.74) is 8.25. The molecule has 0 bridgehead atoms. The van der Waals surface area contributed by atoms with E-state index in [2.05, 4.69) is 50.4 Å². The van der Waals surface area contributed by atoms with Gasteiger partial charge in [0.05, 0.1) is 6.10 Å². The lowest BCUT2D eigenvalue weighted by atomic mass is 10.2. The van der Waals surface area contributed by atoms with E-state index in [1.165, 1.54) is 5.69 Å². The summed E-state index contributed by atoms with van der Waals surface area (Å²) in [6.07, 6.45) is 1.18. The SMILES string of the molecule is CC(C)Oc1ccc(NC(N)=NCCCN2CCN(c3ccccc3)CC2)cc1. The lowest BCUT2D eigenvalue weighted by Gasteiger charge is -2.36. The Morgan fingerprint density at radius 1 is 1.03 bits per heavy atom. The maximum Gasteiger partial charge on any atom is 0.193 e. The van der Waals surface area contributed by atoms with E-state index in [9.17, 15) is 0 Å². The summed E-state index contributed by atoms with van der Waals surface area (Å²) in [7, 11) is 0. The molecular weight excluding hydrogens is 362 g/mol. The van der Waals surface area contributed by atoms with Gasteiger partial charge in [-0.1, -0.05) is 18.2 Å². The van der Waals surface area contributed by atoms with Crippen LogP contribution in [0.25, 0.3) is 0 Å². The molecule has 1 aliphatic rings. The number of hydrogen-bond acceptors (Lipinski definition) is 4. The van der Waals surface area contributed by atoms with Crippen LogP contribution in [0.3, 0.4) is 0 Å². The zero-order valence-electron chi connectivity index (χ0n) is 17.6. The molecule has 1 fully saturated rings. The first kappa shape index (κ1) is 21.0. The molecule has 0 atom stereocenters. The molecule has 0 spiro atoms. The third-order valence-electron chi connectivity index (χ3n) is 4.91. The molecule has 0 radical (unpaired) electrons. The normalized spacial score (nSPS) is 15.6. The lowest BCUT2D eigenvalue weighted by Crippen LogP contribution is -2.46. The molecule has 1 heterocycles. The topological polar surface area (TPSA) is 66.1 Å². The van der Waals surface area contributed by atoms with E-state index < -0.39 is 0 Å². The van der Waals surface area contributed by atoms with Crippen LogP contribution in [0.2, 0.25) is 0 Å². The van der Waals surface area contributed by atoms with E-state index >= 15 is 0 Å². The Morgan fingerprint density at radius 2 is 1.72 bits per heavy atom. The van der Waals surface area contributed by atoms with Crippen molar-refractivity contribution < 1.29 is 4.74 Å². The second-order valence-corrected chi connectivity index (χ2v) is 7.60. The summed E-state index contributed by atoms with van der Waals surface area (Å²) >= 11 is 0. The largest absolute Gasteiger partial charge is 0.491 e. The highest BCUT2D eigenvalue weighted by Crippen LogP contribution is 2.17. The van der Waals surface area contributed by atoms with E-state index in [1.54, 1.807) is 0 Å². The molecule has 0 aromatic heterocycles. The van der Waals surface area contributed by atoms with Crippen molar-refractivity contribution in [3.63, 3.8) is 0 Å². The Labute approximate surface area is 174 Å². The van der Waals surface area contributed by atoms with E-state index in [1.807, 2.05) is 38.1 Å². The fourth-order valence-corrected chi connectivity index (χ4v) is 3.44. The summed E-state index contributed by atoms with van der Waals surface area (Å²) in [5, 5.41) is 3.14. The van der Waals surface area contributed by atoms with Crippen LogP contribution in [0.1, 0.15) is 20.3 Å². The van der Waals surface area contributed by atoms with E-state index in [4.69, 9.17) is 10.5 Å².